The molecule has 1 aliphatic heterocycles. The molecule has 1 saturated heterocycles. The SMILES string of the molecule is COCCOCCO[C@@H]1C(OC)[C@H](OC)OC(COCC(O)CN(CC(=O)O)CC(=O)O)[C@@H]1C. The lowest BCUT2D eigenvalue weighted by Gasteiger charge is -2.44. The fourth-order valence-electron chi connectivity index (χ4n) is 3.64. The van der Waals surface area contributed by atoms with Gasteiger partial charge in [-0.15, -0.1) is 0 Å². The van der Waals surface area contributed by atoms with Gasteiger partial charge in [-0.25, -0.2) is 0 Å². The fraction of sp³-hybridized carbons (Fsp3) is 0.905. The maximum Gasteiger partial charge on any atom is 0.317 e. The summed E-state index contributed by atoms with van der Waals surface area (Å²) in [6.45, 7) is 2.41. The lowest BCUT2D eigenvalue weighted by atomic mass is 9.90. The lowest BCUT2D eigenvalue weighted by Crippen LogP contribution is -2.57. The van der Waals surface area contributed by atoms with Crippen molar-refractivity contribution in [3.05, 3.63) is 0 Å². The van der Waals surface area contributed by atoms with E-state index in [9.17, 15) is 14.7 Å². The van der Waals surface area contributed by atoms with Crippen LogP contribution in [0.3, 0.4) is 0 Å². The van der Waals surface area contributed by atoms with Crippen LogP contribution in [0.4, 0.5) is 0 Å². The molecule has 1 aliphatic rings. The minimum absolute atomic E-state index is 0.108. The summed E-state index contributed by atoms with van der Waals surface area (Å²) in [6, 6.07) is 0. The molecular weight excluding hydrogens is 458 g/mol. The largest absolute Gasteiger partial charge is 0.480 e. The van der Waals surface area contributed by atoms with E-state index in [1.54, 1.807) is 14.2 Å². The number of hydrogen-bond acceptors (Lipinski definition) is 11. The van der Waals surface area contributed by atoms with Crippen LogP contribution >= 0.6 is 0 Å². The van der Waals surface area contributed by atoms with Crippen LogP contribution in [0, 0.1) is 5.92 Å². The molecule has 0 radical (unpaired) electrons. The van der Waals surface area contributed by atoms with Gasteiger partial charge in [0.05, 0.1) is 71.0 Å². The van der Waals surface area contributed by atoms with Gasteiger partial charge in [0.2, 0.25) is 0 Å². The molecule has 3 unspecified atom stereocenters. The highest BCUT2D eigenvalue weighted by Crippen LogP contribution is 2.30. The second kappa shape index (κ2) is 17.1. The number of rotatable bonds is 19. The van der Waals surface area contributed by atoms with E-state index in [-0.39, 0.29) is 31.8 Å². The average molecular weight is 498 g/mol. The summed E-state index contributed by atoms with van der Waals surface area (Å²) in [5, 5.41) is 28.0. The van der Waals surface area contributed by atoms with Crippen molar-refractivity contribution in [2.45, 2.75) is 37.6 Å². The van der Waals surface area contributed by atoms with E-state index < -0.39 is 49.6 Å². The standard InChI is InChI=1S/C21H39NO12/c1-14-16(13-32-12-15(23)9-22(10-17(24)25)11-18(26)27)34-21(30-4)20(29-3)19(14)33-8-7-31-6-5-28-2/h14-16,19-21,23H,5-13H2,1-4H3,(H,24,25)(H,26,27)/t14-,15?,16?,19-,20?,21+/m0/s1. The Hall–Kier alpha value is -1.42. The Kier molecular flexibility index (Phi) is 15.4. The second-order valence-corrected chi connectivity index (χ2v) is 7.93. The number of nitrogens with zero attached hydrogens (tertiary/aromatic N) is 1. The summed E-state index contributed by atoms with van der Waals surface area (Å²) in [4.78, 5) is 22.9. The highest BCUT2D eigenvalue weighted by atomic mass is 16.7. The molecule has 3 N–H and O–H groups in total. The number of aliphatic carboxylic acids is 2. The van der Waals surface area contributed by atoms with Crippen molar-refractivity contribution in [2.75, 3.05) is 80.6 Å². The van der Waals surface area contributed by atoms with Gasteiger partial charge in [-0.2, -0.15) is 0 Å². The number of aliphatic hydroxyl groups excluding tert-OH is 1. The van der Waals surface area contributed by atoms with Gasteiger partial charge in [-0.3, -0.25) is 14.5 Å². The monoisotopic (exact) mass is 497 g/mol. The van der Waals surface area contributed by atoms with Crippen LogP contribution in [0.5, 0.6) is 0 Å². The molecule has 0 aromatic heterocycles. The Morgan fingerprint density at radius 2 is 1.59 bits per heavy atom. The molecule has 200 valence electrons. The molecule has 0 aliphatic carbocycles. The van der Waals surface area contributed by atoms with E-state index in [2.05, 4.69) is 0 Å². The van der Waals surface area contributed by atoms with E-state index in [4.69, 9.17) is 43.4 Å². The van der Waals surface area contributed by atoms with Crippen LogP contribution < -0.4 is 0 Å². The maximum atomic E-state index is 10.9. The molecule has 0 aromatic rings. The molecule has 34 heavy (non-hydrogen) atoms. The van der Waals surface area contributed by atoms with Crippen LogP contribution in [-0.2, 0) is 42.7 Å². The van der Waals surface area contributed by atoms with Crippen LogP contribution in [0.2, 0.25) is 0 Å². The number of carbonyl (C=O) groups is 2. The highest BCUT2D eigenvalue weighted by molar-refractivity contribution is 5.72. The van der Waals surface area contributed by atoms with Crippen molar-refractivity contribution in [3.63, 3.8) is 0 Å². The highest BCUT2D eigenvalue weighted by Gasteiger charge is 2.45. The first-order valence-corrected chi connectivity index (χ1v) is 11.0. The number of aliphatic hydroxyl groups is 1. The Balaban J connectivity index is 2.59. The third-order valence-corrected chi connectivity index (χ3v) is 5.26. The first-order chi connectivity index (χ1) is 16.2. The molecule has 0 saturated carbocycles. The third-order valence-electron chi connectivity index (χ3n) is 5.26. The lowest BCUT2D eigenvalue weighted by molar-refractivity contribution is -0.295. The minimum Gasteiger partial charge on any atom is -0.480 e. The first-order valence-electron chi connectivity index (χ1n) is 11.0. The third kappa shape index (κ3) is 11.3. The Bertz CT molecular complexity index is 564. The molecule has 0 amide bonds. The van der Waals surface area contributed by atoms with Crippen molar-refractivity contribution in [2.24, 2.45) is 5.92 Å². The Morgan fingerprint density at radius 1 is 0.941 bits per heavy atom. The zero-order chi connectivity index (χ0) is 25.5. The fourth-order valence-corrected chi connectivity index (χ4v) is 3.64. The molecule has 0 aromatic carbocycles. The van der Waals surface area contributed by atoms with Gasteiger partial charge in [0.25, 0.3) is 0 Å². The second-order valence-electron chi connectivity index (χ2n) is 7.93. The normalized spacial score (nSPS) is 26.0. The quantitative estimate of drug-likeness (QED) is 0.185. The first kappa shape index (κ1) is 30.6. The molecule has 1 heterocycles. The minimum atomic E-state index is -1.19. The van der Waals surface area contributed by atoms with Crippen LogP contribution in [-0.4, -0.2) is 143 Å². The van der Waals surface area contributed by atoms with Crippen molar-refractivity contribution < 1.29 is 58.1 Å². The average Bonchev–Trinajstić information content (AvgIpc) is 2.76. The van der Waals surface area contributed by atoms with E-state index in [0.717, 1.165) is 4.90 Å². The van der Waals surface area contributed by atoms with Crippen molar-refractivity contribution in [3.8, 4) is 0 Å². The molecule has 0 bridgehead atoms. The summed E-state index contributed by atoms with van der Waals surface area (Å²) in [5.74, 6) is -2.53. The number of hydrogen-bond donors (Lipinski definition) is 3. The summed E-state index contributed by atoms with van der Waals surface area (Å²) in [6.07, 6.45) is -3.05. The van der Waals surface area contributed by atoms with Crippen molar-refractivity contribution in [1.29, 1.82) is 0 Å². The Morgan fingerprint density at radius 3 is 2.15 bits per heavy atom. The van der Waals surface area contributed by atoms with Gasteiger partial charge in [-0.1, -0.05) is 6.92 Å². The molecule has 1 fully saturated rings. The van der Waals surface area contributed by atoms with Gasteiger partial charge >= 0.3 is 11.9 Å². The molecule has 0 spiro atoms. The van der Waals surface area contributed by atoms with E-state index in [1.807, 2.05) is 6.92 Å². The topological polar surface area (TPSA) is 163 Å². The zero-order valence-electron chi connectivity index (χ0n) is 20.3. The van der Waals surface area contributed by atoms with Gasteiger partial charge < -0.3 is 48.5 Å². The summed E-state index contributed by atoms with van der Waals surface area (Å²) >= 11 is 0. The summed E-state index contributed by atoms with van der Waals surface area (Å²) < 4.78 is 38.9. The van der Waals surface area contributed by atoms with E-state index in [0.29, 0.717) is 26.4 Å². The number of methoxy groups -OCH3 is 3. The van der Waals surface area contributed by atoms with Crippen LogP contribution in [0.1, 0.15) is 6.92 Å². The van der Waals surface area contributed by atoms with Crippen LogP contribution in [0.25, 0.3) is 0 Å². The van der Waals surface area contributed by atoms with Gasteiger partial charge in [0.15, 0.2) is 6.29 Å². The predicted molar refractivity (Wildman–Crippen MR) is 117 cm³/mol. The Labute approximate surface area is 199 Å². The zero-order valence-corrected chi connectivity index (χ0v) is 20.3. The maximum absolute atomic E-state index is 10.9. The van der Waals surface area contributed by atoms with Crippen LogP contribution in [0.15, 0.2) is 0 Å². The number of carboxylic acids is 2. The van der Waals surface area contributed by atoms with Gasteiger partial charge in [0.1, 0.15) is 6.10 Å². The summed E-state index contributed by atoms with van der Waals surface area (Å²) in [5.41, 5.74) is 0. The van der Waals surface area contributed by atoms with Crippen molar-refractivity contribution >= 4 is 11.9 Å². The molecular formula is C21H39NO12. The predicted octanol–water partition coefficient (Wildman–Crippen LogP) is -1.09. The molecule has 1 rings (SSSR count). The van der Waals surface area contributed by atoms with E-state index >= 15 is 0 Å². The van der Waals surface area contributed by atoms with Gasteiger partial charge in [-0.05, 0) is 0 Å². The van der Waals surface area contributed by atoms with Gasteiger partial charge in [0, 0.05) is 33.8 Å². The van der Waals surface area contributed by atoms with E-state index in [1.165, 1.54) is 7.11 Å². The number of ether oxygens (including phenoxy) is 7. The molecule has 13 nitrogen and oxygen atoms in total. The smallest absolute Gasteiger partial charge is 0.317 e. The summed E-state index contributed by atoms with van der Waals surface area (Å²) in [7, 11) is 4.64. The number of carboxylic acid groups (broad SMARTS) is 2. The molecule has 13 heteroatoms. The van der Waals surface area contributed by atoms with Crippen molar-refractivity contribution in [1.82, 2.24) is 4.90 Å². The molecule has 6 atom stereocenters.